The molecule has 8 aromatic rings. The van der Waals surface area contributed by atoms with E-state index < -0.39 is 23.9 Å². The van der Waals surface area contributed by atoms with Gasteiger partial charge in [0, 0.05) is 71.8 Å². The molecular weight excluding hydrogens is 1210 g/mol. The molecule has 2 atom stereocenters. The van der Waals surface area contributed by atoms with Crippen molar-refractivity contribution in [3.05, 3.63) is 309 Å². The van der Waals surface area contributed by atoms with Crippen LogP contribution < -0.4 is 10.6 Å². The Bertz CT molecular complexity index is 3500. The molecule has 2 unspecified atom stereocenters. The fourth-order valence-corrected chi connectivity index (χ4v) is 13.9. The molecule has 4 heterocycles. The zero-order valence-corrected chi connectivity index (χ0v) is 52.8. The van der Waals surface area contributed by atoms with E-state index in [2.05, 4.69) is 239 Å². The third-order valence-corrected chi connectivity index (χ3v) is 18.2. The van der Waals surface area contributed by atoms with Crippen LogP contribution in [0.4, 0.5) is 0 Å². The highest BCUT2D eigenvalue weighted by Gasteiger charge is 2.29. The number of aliphatic carboxylic acids is 4. The predicted octanol–water partition coefficient (Wildman–Crippen LogP) is 12.8. The van der Waals surface area contributed by atoms with Gasteiger partial charge in [-0.15, -0.1) is 23.5 Å². The third-order valence-electron chi connectivity index (χ3n) is 15.9. The maximum Gasteiger partial charge on any atom is 0.328 e. The van der Waals surface area contributed by atoms with Crippen LogP contribution in [-0.4, -0.2) is 111 Å². The van der Waals surface area contributed by atoms with E-state index in [4.69, 9.17) is 20.4 Å². The highest BCUT2D eigenvalue weighted by Crippen LogP contribution is 2.41. The van der Waals surface area contributed by atoms with Crippen LogP contribution in [0.5, 0.6) is 0 Å². The average Bonchev–Trinajstić information content (AvgIpc) is 1.83. The van der Waals surface area contributed by atoms with Gasteiger partial charge in [0.15, 0.2) is 0 Å². The molecule has 0 bridgehead atoms. The van der Waals surface area contributed by atoms with Crippen LogP contribution in [0.3, 0.4) is 0 Å². The lowest BCUT2D eigenvalue weighted by Crippen LogP contribution is -2.41. The summed E-state index contributed by atoms with van der Waals surface area (Å²) in [4.78, 5) is 72.1. The normalized spacial score (nSPS) is 15.7. The summed E-state index contributed by atoms with van der Waals surface area (Å²) in [5.41, 5.74) is 18.1. The van der Waals surface area contributed by atoms with Gasteiger partial charge in [-0.3, -0.25) is 19.4 Å². The van der Waals surface area contributed by atoms with E-state index in [1.165, 1.54) is 87.7 Å². The Hall–Kier alpha value is -9.88. The Kier molecular flexibility index (Phi) is 26.0. The number of carbonyl (C=O) groups excluding carboxylic acids is 2. The first-order valence-corrected chi connectivity index (χ1v) is 32.3. The van der Waals surface area contributed by atoms with Crippen LogP contribution in [0.15, 0.2) is 264 Å². The van der Waals surface area contributed by atoms with Crippen molar-refractivity contribution in [1.82, 2.24) is 20.4 Å². The van der Waals surface area contributed by atoms with Crippen molar-refractivity contribution in [2.45, 2.75) is 59.1 Å². The fraction of sp³-hybridized carbons (Fsp3) is 0.184. The maximum atomic E-state index is 13.4. The number of nitrogens with zero attached hydrogens (tertiary/aromatic N) is 2. The Morgan fingerprint density at radius 3 is 0.914 bits per heavy atom. The molecule has 2 saturated heterocycles. The average molecular weight is 1280 g/mol. The summed E-state index contributed by atoms with van der Waals surface area (Å²) in [5, 5.41) is 38.0. The zero-order valence-electron chi connectivity index (χ0n) is 51.2. The Morgan fingerprint density at radius 1 is 0.366 bits per heavy atom. The van der Waals surface area contributed by atoms with E-state index in [9.17, 15) is 28.8 Å². The van der Waals surface area contributed by atoms with Gasteiger partial charge in [0.05, 0.1) is 25.2 Å². The summed E-state index contributed by atoms with van der Waals surface area (Å²) in [5.74, 6) is -3.01. The Morgan fingerprint density at radius 2 is 0.624 bits per heavy atom. The number of nitrogens with one attached hydrogen (secondary N) is 2. The maximum absolute atomic E-state index is 13.4. The molecule has 2 fully saturated rings. The minimum atomic E-state index is -1.26. The lowest BCUT2D eigenvalue weighted by atomic mass is 9.88. The molecule has 8 N–H and O–H groups in total. The first-order valence-electron chi connectivity index (χ1n) is 30.3. The SMILES string of the molecule is O.O=C(CN1CCC(=C(c2ccccc2)c2ccccc2)CC1)NC1c2ccccc2CSc2ccccc21.O=C(CN1CCC(=C(c2ccccc2)c2ccccc2)CC1)NC1c2ccccc2CSc2ccccc21.O=C(O)/C=C/C(=O)O.O=C(O)/C=C/C(=O)O. The molecule has 0 spiro atoms. The van der Waals surface area contributed by atoms with Crippen molar-refractivity contribution in [2.75, 3.05) is 39.3 Å². The number of piperidine rings is 2. The van der Waals surface area contributed by atoms with Gasteiger partial charge in [-0.1, -0.05) is 217 Å². The predicted molar refractivity (Wildman–Crippen MR) is 366 cm³/mol. The highest BCUT2D eigenvalue weighted by molar-refractivity contribution is 7.98. The summed E-state index contributed by atoms with van der Waals surface area (Å²) in [6.07, 6.45) is 6.11. The molecule has 17 heteroatoms. The first kappa shape index (κ1) is 69.0. The number of fused-ring (bicyclic) bond motifs is 4. The third kappa shape index (κ3) is 20.1. The molecule has 0 aromatic heterocycles. The van der Waals surface area contributed by atoms with Crippen molar-refractivity contribution in [2.24, 2.45) is 0 Å². The van der Waals surface area contributed by atoms with E-state index >= 15 is 0 Å². The number of benzene rings is 8. The molecule has 0 radical (unpaired) electrons. The minimum absolute atomic E-state index is 0. The van der Waals surface area contributed by atoms with Gasteiger partial charge in [0.2, 0.25) is 11.8 Å². The van der Waals surface area contributed by atoms with E-state index in [0.29, 0.717) is 37.4 Å². The molecule has 12 rings (SSSR count). The minimum Gasteiger partial charge on any atom is -0.478 e. The van der Waals surface area contributed by atoms with Crippen molar-refractivity contribution in [3.63, 3.8) is 0 Å². The molecule has 476 valence electrons. The van der Waals surface area contributed by atoms with Crippen molar-refractivity contribution in [3.8, 4) is 0 Å². The first-order chi connectivity index (χ1) is 44.8. The van der Waals surface area contributed by atoms with Gasteiger partial charge in [-0.2, -0.15) is 0 Å². The molecule has 2 amide bonds. The molecule has 0 aliphatic carbocycles. The van der Waals surface area contributed by atoms with Crippen molar-refractivity contribution >= 4 is 70.4 Å². The monoisotopic (exact) mass is 1280 g/mol. The fourth-order valence-electron chi connectivity index (χ4n) is 11.7. The topological polar surface area (TPSA) is 245 Å². The number of carbonyl (C=O) groups is 6. The van der Waals surface area contributed by atoms with E-state index in [1.807, 2.05) is 23.5 Å². The summed E-state index contributed by atoms with van der Waals surface area (Å²) in [7, 11) is 0. The highest BCUT2D eigenvalue weighted by atomic mass is 32.2. The number of hydrogen-bond acceptors (Lipinski definition) is 10. The molecule has 15 nitrogen and oxygen atoms in total. The smallest absolute Gasteiger partial charge is 0.328 e. The van der Waals surface area contributed by atoms with Crippen LogP contribution in [-0.2, 0) is 40.3 Å². The number of amides is 2. The lowest BCUT2D eigenvalue weighted by Gasteiger charge is -2.30. The molecule has 4 aliphatic heterocycles. The van der Waals surface area contributed by atoms with Crippen molar-refractivity contribution in [1.29, 1.82) is 0 Å². The largest absolute Gasteiger partial charge is 0.478 e. The van der Waals surface area contributed by atoms with Crippen LogP contribution in [0, 0.1) is 0 Å². The Labute approximate surface area is 550 Å². The van der Waals surface area contributed by atoms with Crippen LogP contribution in [0.25, 0.3) is 11.1 Å². The standard InChI is InChI=1S/2C34H32N2OS.2C4H4O4.H2O/c2*37-32(35-34-29-16-8-7-15-28(29)24-38-31-18-10-9-17-30(31)34)23-36-21-19-27(20-22-36)33(25-11-3-1-4-12-25)26-13-5-2-6-14-26;2*5-3(6)1-2-4(7)8;/h2*1-18,34H,19-24H2,(H,35,37);2*1-2H,(H,5,6)(H,7,8);1H2/b;;2*2-1+;. The summed E-state index contributed by atoms with van der Waals surface area (Å²) in [6, 6.07) is 76.5. The second kappa shape index (κ2) is 35.1. The van der Waals surface area contributed by atoms with Gasteiger partial charge >= 0.3 is 23.9 Å². The summed E-state index contributed by atoms with van der Waals surface area (Å²) < 4.78 is 0. The second-order valence-corrected chi connectivity index (χ2v) is 24.1. The molecule has 0 saturated carbocycles. The van der Waals surface area contributed by atoms with Crippen LogP contribution in [0.1, 0.15) is 93.4 Å². The zero-order chi connectivity index (χ0) is 64.6. The number of rotatable bonds is 14. The molecule has 8 aromatic carbocycles. The molecule has 4 aliphatic rings. The van der Waals surface area contributed by atoms with Gasteiger partial charge in [0.1, 0.15) is 0 Å². The number of thioether (sulfide) groups is 2. The van der Waals surface area contributed by atoms with Gasteiger partial charge in [-0.25, -0.2) is 19.2 Å². The van der Waals surface area contributed by atoms with Gasteiger partial charge < -0.3 is 36.5 Å². The lowest BCUT2D eigenvalue weighted by molar-refractivity contribution is -0.134. The number of carboxylic acid groups (broad SMARTS) is 4. The Balaban J connectivity index is 0.000000192. The second-order valence-electron chi connectivity index (χ2n) is 22.0. The van der Waals surface area contributed by atoms with E-state index in [1.54, 1.807) is 0 Å². The number of carboxylic acids is 4. The molecular formula is C76H74N4O11S2. The van der Waals surface area contributed by atoms with Gasteiger partial charge in [0.25, 0.3) is 0 Å². The van der Waals surface area contributed by atoms with Gasteiger partial charge in [-0.05, 0) is 105 Å². The molecule has 93 heavy (non-hydrogen) atoms. The van der Waals surface area contributed by atoms with Crippen molar-refractivity contribution < 1.29 is 54.7 Å². The quantitative estimate of drug-likeness (QED) is 0.0555. The number of likely N-dealkylation sites (tertiary alicyclic amines) is 2. The summed E-state index contributed by atoms with van der Waals surface area (Å²) in [6.45, 7) is 4.40. The number of hydrogen-bond donors (Lipinski definition) is 6. The van der Waals surface area contributed by atoms with E-state index in [-0.39, 0.29) is 29.4 Å². The van der Waals surface area contributed by atoms with Crippen LogP contribution >= 0.6 is 23.5 Å². The van der Waals surface area contributed by atoms with E-state index in [0.717, 1.165) is 63.4 Å². The summed E-state index contributed by atoms with van der Waals surface area (Å²) >= 11 is 3.70. The van der Waals surface area contributed by atoms with Crippen LogP contribution in [0.2, 0.25) is 0 Å².